The van der Waals surface area contributed by atoms with Crippen molar-refractivity contribution >= 4 is 33.4 Å². The van der Waals surface area contributed by atoms with Crippen LogP contribution < -0.4 is 11.4 Å². The zero-order valence-corrected chi connectivity index (χ0v) is 40.5. The molecular weight excluding hydrogens is 900 g/mol. The summed E-state index contributed by atoms with van der Waals surface area (Å²) in [5, 5.41) is 31.2. The number of esters is 2. The van der Waals surface area contributed by atoms with Crippen molar-refractivity contribution in [3.63, 3.8) is 0 Å². The molecule has 1 aliphatic rings. The molecule has 0 aliphatic carbocycles. The van der Waals surface area contributed by atoms with Gasteiger partial charge in [-0.1, -0.05) is 127 Å². The summed E-state index contributed by atoms with van der Waals surface area (Å²) < 4.78 is 56.4. The summed E-state index contributed by atoms with van der Waals surface area (Å²) in [6.45, 7) is 4.12. The third kappa shape index (κ3) is 26.9. The van der Waals surface area contributed by atoms with Gasteiger partial charge in [-0.2, -0.15) is 9.29 Å². The molecule has 1 aliphatic heterocycles. The summed E-state index contributed by atoms with van der Waals surface area (Å²) in [7, 11) is -10.9. The number of nitrogens with two attached hydrogens (primary N) is 1. The number of ether oxygens (including phenoxy) is 3. The molecule has 66 heavy (non-hydrogen) atoms. The van der Waals surface area contributed by atoms with Gasteiger partial charge in [0.15, 0.2) is 12.3 Å². The van der Waals surface area contributed by atoms with E-state index in [1.165, 1.54) is 44.6 Å². The number of rotatable bonds is 36. The molecule has 0 radical (unpaired) electrons. The zero-order chi connectivity index (χ0) is 48.8. The predicted molar refractivity (Wildman–Crippen MR) is 248 cm³/mol. The summed E-state index contributed by atoms with van der Waals surface area (Å²) in [5.41, 5.74) is 4.56. The Hall–Kier alpha value is -3.32. The average Bonchev–Trinajstić information content (AvgIpc) is 3.53. The van der Waals surface area contributed by atoms with Crippen LogP contribution in [0.3, 0.4) is 0 Å². The van der Waals surface area contributed by atoms with Gasteiger partial charge in [0.1, 0.15) is 30.7 Å². The molecule has 0 amide bonds. The van der Waals surface area contributed by atoms with Gasteiger partial charge in [-0.15, -0.1) is 0 Å². The number of aliphatic hydroxyl groups excluding tert-OH is 3. The number of aliphatic hydroxyl groups is 3. The molecule has 2 unspecified atom stereocenters. The van der Waals surface area contributed by atoms with E-state index in [9.17, 15) is 48.6 Å². The average molecular weight is 976 g/mol. The van der Waals surface area contributed by atoms with Crippen LogP contribution in [0.5, 0.6) is 0 Å². The number of hydrogen-bond acceptors (Lipinski definition) is 16. The van der Waals surface area contributed by atoms with Crippen molar-refractivity contribution in [2.75, 3.05) is 25.6 Å². The highest BCUT2D eigenvalue weighted by Gasteiger charge is 2.46. The van der Waals surface area contributed by atoms with Gasteiger partial charge in [-0.05, 0) is 56.9 Å². The number of carbonyl (C=O) groups is 2. The van der Waals surface area contributed by atoms with E-state index in [-0.39, 0.29) is 31.5 Å². The maximum absolute atomic E-state index is 12.8. The molecule has 1 saturated heterocycles. The Morgan fingerprint density at radius 1 is 0.833 bits per heavy atom. The van der Waals surface area contributed by atoms with Crippen LogP contribution >= 0.6 is 15.6 Å². The van der Waals surface area contributed by atoms with Gasteiger partial charge in [0, 0.05) is 19.0 Å². The van der Waals surface area contributed by atoms with E-state index in [4.69, 9.17) is 29.0 Å². The molecule has 376 valence electrons. The predicted octanol–water partition coefficient (Wildman–Crippen LogP) is 7.43. The lowest BCUT2D eigenvalue weighted by Crippen LogP contribution is -2.36. The maximum Gasteiger partial charge on any atom is 0.481 e. The number of unbranched alkanes of at least 4 members (excludes halogenated alkanes) is 9. The van der Waals surface area contributed by atoms with Crippen LogP contribution in [0.1, 0.15) is 143 Å². The molecule has 0 spiro atoms. The molecule has 0 saturated carbocycles. The highest BCUT2D eigenvalue weighted by Crippen LogP contribution is 2.60. The number of phosphoric acid groups is 2. The highest BCUT2D eigenvalue weighted by atomic mass is 31.3. The second-order valence-corrected chi connectivity index (χ2v) is 19.6. The zero-order valence-electron chi connectivity index (χ0n) is 38.8. The summed E-state index contributed by atoms with van der Waals surface area (Å²) in [6, 6.07) is 1.23. The minimum Gasteiger partial charge on any atom is -0.462 e. The van der Waals surface area contributed by atoms with E-state index in [0.717, 1.165) is 55.7 Å². The van der Waals surface area contributed by atoms with E-state index < -0.39 is 89.8 Å². The second-order valence-electron chi connectivity index (χ2n) is 16.6. The quantitative estimate of drug-likeness (QED) is 0.0125. The molecule has 19 nitrogen and oxygen atoms in total. The largest absolute Gasteiger partial charge is 0.481 e. The Bertz CT molecular complexity index is 1820. The summed E-state index contributed by atoms with van der Waals surface area (Å²) in [5.74, 6) is -0.831. The van der Waals surface area contributed by atoms with Crippen LogP contribution in [0, 0.1) is 5.92 Å². The lowest BCUT2D eigenvalue weighted by molar-refractivity contribution is -0.161. The fraction of sp³-hybridized carbons (Fsp3) is 0.689. The molecule has 0 aromatic carbocycles. The van der Waals surface area contributed by atoms with E-state index in [1.54, 1.807) is 12.2 Å². The van der Waals surface area contributed by atoms with Crippen molar-refractivity contribution < 1.29 is 71.4 Å². The van der Waals surface area contributed by atoms with Crippen LogP contribution in [0.25, 0.3) is 0 Å². The van der Waals surface area contributed by atoms with Gasteiger partial charge in [0.2, 0.25) is 0 Å². The first kappa shape index (κ1) is 58.8. The van der Waals surface area contributed by atoms with Gasteiger partial charge in [0.05, 0.1) is 19.3 Å². The number of hydrogen-bond donors (Lipinski definition) is 6. The first-order chi connectivity index (χ1) is 31.4. The number of phosphoric ester groups is 2. The van der Waals surface area contributed by atoms with Crippen molar-refractivity contribution in [2.24, 2.45) is 5.92 Å². The van der Waals surface area contributed by atoms with Crippen LogP contribution in [-0.4, -0.2) is 96.9 Å². The molecular formula is C45H75N3O16P2. The minimum atomic E-state index is -5.46. The SMILES string of the molecule is CCCCC/C=C\C/C=C\C/C=C\C=C\[C@H](O)CCCC(=O)O[C@H](COC(=O)CCCCCCCCCC(C)C)COP(=O)(O)OP(=O)(O)OC[C@H]1O[C@@H](n2ccc(N)nc2=O)[C@H](O)[C@@H]1O. The lowest BCUT2D eigenvalue weighted by Gasteiger charge is -2.21. The molecule has 7 N–H and O–H groups in total. The normalized spacial score (nSPS) is 20.7. The number of aromatic nitrogens is 2. The number of anilines is 1. The van der Waals surface area contributed by atoms with Crippen LogP contribution in [0.15, 0.2) is 65.7 Å². The molecule has 1 aromatic heterocycles. The smallest absolute Gasteiger partial charge is 0.462 e. The number of nitrogens with zero attached hydrogens (tertiary/aromatic N) is 2. The molecule has 2 rings (SSSR count). The topological polar surface area (TPSA) is 286 Å². The van der Waals surface area contributed by atoms with Crippen molar-refractivity contribution in [1.82, 2.24) is 9.55 Å². The maximum atomic E-state index is 12.8. The Morgan fingerprint density at radius 2 is 1.48 bits per heavy atom. The molecule has 8 atom stereocenters. The van der Waals surface area contributed by atoms with Crippen LogP contribution in [0.2, 0.25) is 0 Å². The van der Waals surface area contributed by atoms with Crippen molar-refractivity contribution in [3.05, 3.63) is 71.4 Å². The standard InChI is InChI=1S/C45H75N3O16P2/c1-4-5-6-7-8-9-10-11-12-13-16-19-22-26-36(49)27-24-29-41(51)62-37(32-59-40(50)28-23-20-17-14-15-18-21-25-35(2)3)33-60-65(55,56)64-66(57,58)61-34-38-42(52)43(53)44(63-38)48-31-30-39(46)47-45(48)54/h8-9,11-12,16,19,22,26,30-31,35-38,42-44,49,52-53H,4-7,10,13-15,17-18,20-21,23-25,27-29,32-34H2,1-3H3,(H,55,56)(H,57,58)(H2,46,47,54)/b9-8-,12-11-,19-16-,26-22+/t36-,37+,38+,42+,43+,44+/m0/s1. The molecule has 2 heterocycles. The fourth-order valence-corrected chi connectivity index (χ4v) is 8.65. The highest BCUT2D eigenvalue weighted by molar-refractivity contribution is 7.61. The monoisotopic (exact) mass is 975 g/mol. The van der Waals surface area contributed by atoms with E-state index in [1.807, 2.05) is 12.2 Å². The van der Waals surface area contributed by atoms with Gasteiger partial charge < -0.3 is 45.1 Å². The molecule has 1 fully saturated rings. The Balaban J connectivity index is 1.89. The van der Waals surface area contributed by atoms with Crippen LogP contribution in [-0.2, 0) is 46.3 Å². The third-order valence-corrected chi connectivity index (χ3v) is 12.8. The van der Waals surface area contributed by atoms with Crippen molar-refractivity contribution in [2.45, 2.75) is 173 Å². The van der Waals surface area contributed by atoms with E-state index in [0.29, 0.717) is 12.3 Å². The number of nitrogen functional groups attached to an aromatic ring is 1. The first-order valence-corrected chi connectivity index (χ1v) is 26.1. The fourth-order valence-electron chi connectivity index (χ4n) is 6.54. The molecule has 0 bridgehead atoms. The van der Waals surface area contributed by atoms with Gasteiger partial charge in [-0.3, -0.25) is 23.2 Å². The summed E-state index contributed by atoms with van der Waals surface area (Å²) >= 11 is 0. The summed E-state index contributed by atoms with van der Waals surface area (Å²) in [6.07, 6.45) is 22.7. The van der Waals surface area contributed by atoms with E-state index >= 15 is 0 Å². The van der Waals surface area contributed by atoms with Crippen molar-refractivity contribution in [1.29, 1.82) is 0 Å². The first-order valence-electron chi connectivity index (χ1n) is 23.1. The Labute approximate surface area is 389 Å². The van der Waals surface area contributed by atoms with Gasteiger partial charge in [0.25, 0.3) is 0 Å². The van der Waals surface area contributed by atoms with Gasteiger partial charge >= 0.3 is 33.3 Å². The van der Waals surface area contributed by atoms with Gasteiger partial charge in [-0.25, -0.2) is 13.9 Å². The third-order valence-electron chi connectivity index (χ3n) is 10.2. The second kappa shape index (κ2) is 33.2. The summed E-state index contributed by atoms with van der Waals surface area (Å²) in [4.78, 5) is 61.6. The molecule has 21 heteroatoms. The minimum absolute atomic E-state index is 0.0838. The Morgan fingerprint density at radius 3 is 2.18 bits per heavy atom. The Kier molecular flexibility index (Phi) is 29.6. The van der Waals surface area contributed by atoms with E-state index in [2.05, 4.69) is 54.4 Å². The number of carbonyl (C=O) groups excluding carboxylic acids is 2. The van der Waals surface area contributed by atoms with Crippen molar-refractivity contribution in [3.8, 4) is 0 Å². The lowest BCUT2D eigenvalue weighted by atomic mass is 10.0. The van der Waals surface area contributed by atoms with Crippen LogP contribution in [0.4, 0.5) is 5.82 Å². The number of allylic oxidation sites excluding steroid dienone is 7. The molecule has 1 aromatic rings.